The van der Waals surface area contributed by atoms with Crippen LogP contribution in [0.4, 0.5) is 0 Å². The lowest BCUT2D eigenvalue weighted by atomic mass is 9.81. The Balaban J connectivity index is 1.91. The zero-order chi connectivity index (χ0) is 14.4. The summed E-state index contributed by atoms with van der Waals surface area (Å²) < 4.78 is 5.32. The third-order valence-electron chi connectivity index (χ3n) is 4.54. The molecule has 1 unspecified atom stereocenters. The molecular formula is C15H26N2O3. The van der Waals surface area contributed by atoms with E-state index in [4.69, 9.17) is 10.5 Å². The second kappa shape index (κ2) is 7.74. The summed E-state index contributed by atoms with van der Waals surface area (Å²) in [4.78, 5) is 25.5. The summed E-state index contributed by atoms with van der Waals surface area (Å²) >= 11 is 0. The molecule has 0 radical (unpaired) electrons. The highest BCUT2D eigenvalue weighted by Gasteiger charge is 2.29. The van der Waals surface area contributed by atoms with Crippen molar-refractivity contribution in [1.29, 1.82) is 0 Å². The molecule has 1 aliphatic heterocycles. The predicted molar refractivity (Wildman–Crippen MR) is 76.1 cm³/mol. The number of carbonyl (C=O) groups is 2. The van der Waals surface area contributed by atoms with E-state index in [0.29, 0.717) is 25.7 Å². The van der Waals surface area contributed by atoms with Gasteiger partial charge in [-0.2, -0.15) is 0 Å². The van der Waals surface area contributed by atoms with Gasteiger partial charge in [-0.25, -0.2) is 0 Å². The van der Waals surface area contributed by atoms with E-state index in [0.717, 1.165) is 19.5 Å². The number of morpholine rings is 1. The van der Waals surface area contributed by atoms with Crippen molar-refractivity contribution in [3.8, 4) is 0 Å². The maximum absolute atomic E-state index is 12.1. The summed E-state index contributed by atoms with van der Waals surface area (Å²) in [6.45, 7) is 3.75. The van der Waals surface area contributed by atoms with E-state index in [2.05, 4.69) is 4.90 Å². The molecular weight excluding hydrogens is 256 g/mol. The van der Waals surface area contributed by atoms with Crippen molar-refractivity contribution in [2.24, 2.45) is 17.6 Å². The molecule has 5 heteroatoms. The van der Waals surface area contributed by atoms with E-state index >= 15 is 0 Å². The number of nitrogens with zero attached hydrogens (tertiary/aromatic N) is 1. The van der Waals surface area contributed by atoms with Crippen LogP contribution in [-0.4, -0.2) is 49.4 Å². The van der Waals surface area contributed by atoms with Gasteiger partial charge in [0.15, 0.2) is 0 Å². The largest absolute Gasteiger partial charge is 0.379 e. The molecule has 114 valence electrons. The van der Waals surface area contributed by atoms with Crippen molar-refractivity contribution in [3.05, 3.63) is 0 Å². The Morgan fingerprint density at radius 3 is 2.40 bits per heavy atom. The smallest absolute Gasteiger partial charge is 0.285 e. The summed E-state index contributed by atoms with van der Waals surface area (Å²) in [5.41, 5.74) is 5.22. The molecule has 0 spiro atoms. The highest BCUT2D eigenvalue weighted by Crippen LogP contribution is 2.29. The van der Waals surface area contributed by atoms with Crippen LogP contribution in [-0.2, 0) is 14.3 Å². The first-order chi connectivity index (χ1) is 9.66. The fourth-order valence-electron chi connectivity index (χ4n) is 3.39. The van der Waals surface area contributed by atoms with Crippen molar-refractivity contribution in [2.45, 2.75) is 38.5 Å². The molecule has 1 heterocycles. The minimum absolute atomic E-state index is 0.228. The van der Waals surface area contributed by atoms with Gasteiger partial charge in [0.2, 0.25) is 5.78 Å². The maximum Gasteiger partial charge on any atom is 0.285 e. The van der Waals surface area contributed by atoms with Crippen molar-refractivity contribution in [2.75, 3.05) is 32.8 Å². The second-order valence-corrected chi connectivity index (χ2v) is 6.08. The minimum atomic E-state index is -0.779. The number of hydrogen-bond donors (Lipinski definition) is 1. The molecule has 2 rings (SSSR count). The lowest BCUT2D eigenvalue weighted by Gasteiger charge is -2.31. The Morgan fingerprint density at radius 1 is 1.15 bits per heavy atom. The first-order valence-electron chi connectivity index (χ1n) is 7.80. The Kier molecular flexibility index (Phi) is 5.98. The predicted octanol–water partition coefficient (Wildman–Crippen LogP) is 0.960. The highest BCUT2D eigenvalue weighted by atomic mass is 16.5. The van der Waals surface area contributed by atoms with Gasteiger partial charge in [-0.15, -0.1) is 0 Å². The molecule has 1 atom stereocenters. The quantitative estimate of drug-likeness (QED) is 0.737. The molecule has 20 heavy (non-hydrogen) atoms. The summed E-state index contributed by atoms with van der Waals surface area (Å²) in [6.07, 6.45) is 6.99. The van der Waals surface area contributed by atoms with Gasteiger partial charge in [-0.05, 0) is 12.3 Å². The summed E-state index contributed by atoms with van der Waals surface area (Å²) in [5, 5.41) is 0. The highest BCUT2D eigenvalue weighted by molar-refractivity contribution is 6.36. The van der Waals surface area contributed by atoms with Crippen LogP contribution in [0.3, 0.4) is 0 Å². The number of ether oxygens (including phenoxy) is 1. The summed E-state index contributed by atoms with van der Waals surface area (Å²) in [5.74, 6) is -0.812. The zero-order valence-electron chi connectivity index (χ0n) is 12.2. The topological polar surface area (TPSA) is 72.6 Å². The van der Waals surface area contributed by atoms with Crippen LogP contribution >= 0.6 is 0 Å². The number of carbonyl (C=O) groups excluding carboxylic acids is 2. The minimum Gasteiger partial charge on any atom is -0.379 e. The lowest BCUT2D eigenvalue weighted by molar-refractivity contribution is -0.139. The Labute approximate surface area is 120 Å². The van der Waals surface area contributed by atoms with Gasteiger partial charge >= 0.3 is 0 Å². The molecule has 0 bridgehead atoms. The Hall–Kier alpha value is -0.940. The van der Waals surface area contributed by atoms with Gasteiger partial charge in [0.1, 0.15) is 0 Å². The summed E-state index contributed by atoms with van der Waals surface area (Å²) in [7, 11) is 0. The van der Waals surface area contributed by atoms with E-state index in [-0.39, 0.29) is 11.7 Å². The maximum atomic E-state index is 12.1. The van der Waals surface area contributed by atoms with Crippen LogP contribution in [0.25, 0.3) is 0 Å². The van der Waals surface area contributed by atoms with Gasteiger partial charge in [-0.1, -0.05) is 32.1 Å². The fourth-order valence-corrected chi connectivity index (χ4v) is 3.39. The Morgan fingerprint density at radius 2 is 1.80 bits per heavy atom. The third-order valence-corrected chi connectivity index (χ3v) is 4.54. The van der Waals surface area contributed by atoms with E-state index < -0.39 is 5.91 Å². The standard InChI is InChI=1S/C15H26N2O3/c16-15(19)14(18)13(10-12-4-2-1-3-5-12)11-17-6-8-20-9-7-17/h12-13H,1-11H2,(H2,16,19). The number of nitrogens with two attached hydrogens (primary N) is 1. The molecule has 1 saturated heterocycles. The van der Waals surface area contributed by atoms with E-state index in [1.165, 1.54) is 32.1 Å². The zero-order valence-corrected chi connectivity index (χ0v) is 12.2. The Bertz CT molecular complexity index is 314. The van der Waals surface area contributed by atoms with Crippen LogP contribution in [0.15, 0.2) is 0 Å². The molecule has 0 aromatic rings. The average Bonchev–Trinajstić information content (AvgIpc) is 2.48. The lowest BCUT2D eigenvalue weighted by Crippen LogP contribution is -2.44. The molecule has 5 nitrogen and oxygen atoms in total. The fraction of sp³-hybridized carbons (Fsp3) is 0.867. The van der Waals surface area contributed by atoms with Crippen LogP contribution in [0.5, 0.6) is 0 Å². The third kappa shape index (κ3) is 4.56. The first kappa shape index (κ1) is 15.4. The number of amides is 1. The molecule has 0 aromatic carbocycles. The molecule has 1 aliphatic carbocycles. The molecule has 1 saturated carbocycles. The van der Waals surface area contributed by atoms with Gasteiger partial charge < -0.3 is 10.5 Å². The van der Waals surface area contributed by atoms with Crippen LogP contribution in [0.1, 0.15) is 38.5 Å². The van der Waals surface area contributed by atoms with Crippen LogP contribution < -0.4 is 5.73 Å². The number of Topliss-reactive ketones (excluding diaryl/α,β-unsaturated/α-hetero) is 1. The van der Waals surface area contributed by atoms with E-state index in [1.54, 1.807) is 0 Å². The number of ketones is 1. The normalized spacial score (nSPS) is 23.4. The number of hydrogen-bond acceptors (Lipinski definition) is 4. The SMILES string of the molecule is NC(=O)C(=O)C(CC1CCCCC1)CN1CCOCC1. The van der Waals surface area contributed by atoms with Crippen molar-refractivity contribution >= 4 is 11.7 Å². The molecule has 2 N–H and O–H groups in total. The van der Waals surface area contributed by atoms with Gasteiger partial charge in [0.05, 0.1) is 13.2 Å². The summed E-state index contributed by atoms with van der Waals surface area (Å²) in [6, 6.07) is 0. The van der Waals surface area contributed by atoms with Gasteiger partial charge in [0.25, 0.3) is 5.91 Å². The second-order valence-electron chi connectivity index (χ2n) is 6.08. The van der Waals surface area contributed by atoms with Crippen molar-refractivity contribution in [1.82, 2.24) is 4.90 Å². The van der Waals surface area contributed by atoms with E-state index in [9.17, 15) is 9.59 Å². The monoisotopic (exact) mass is 282 g/mol. The van der Waals surface area contributed by atoms with E-state index in [1.807, 2.05) is 0 Å². The van der Waals surface area contributed by atoms with Gasteiger partial charge in [-0.3, -0.25) is 14.5 Å². The van der Waals surface area contributed by atoms with Gasteiger partial charge in [0, 0.05) is 25.6 Å². The van der Waals surface area contributed by atoms with Crippen LogP contribution in [0, 0.1) is 11.8 Å². The molecule has 1 amide bonds. The molecule has 2 fully saturated rings. The first-order valence-corrected chi connectivity index (χ1v) is 7.80. The number of primary amides is 1. The van der Waals surface area contributed by atoms with Crippen LogP contribution in [0.2, 0.25) is 0 Å². The van der Waals surface area contributed by atoms with Crippen molar-refractivity contribution in [3.63, 3.8) is 0 Å². The average molecular weight is 282 g/mol. The molecule has 0 aromatic heterocycles. The van der Waals surface area contributed by atoms with Crippen molar-refractivity contribution < 1.29 is 14.3 Å². The number of rotatable bonds is 6. The molecule has 2 aliphatic rings.